The standard InChI is InChI=1S/C23H20ClN3O3/c24-20-9-5-4-8-18(20)22(28)26-17-12-19(23(29)30)21(25-13-17)27-11-10-16(14-27)15-6-2-1-3-7-15/h1-9,12-13,16H,10-11,14H2,(H,26,28)(H,29,30)/t16-/m1/s1. The molecule has 1 fully saturated rings. The van der Waals surface area contributed by atoms with Crippen LogP contribution in [-0.4, -0.2) is 35.1 Å². The summed E-state index contributed by atoms with van der Waals surface area (Å²) < 4.78 is 0. The summed E-state index contributed by atoms with van der Waals surface area (Å²) in [6.45, 7) is 1.42. The van der Waals surface area contributed by atoms with Gasteiger partial charge in [0.05, 0.1) is 22.5 Å². The Balaban J connectivity index is 1.55. The first-order valence-corrected chi connectivity index (χ1v) is 10.00. The van der Waals surface area contributed by atoms with Crippen LogP contribution in [0.4, 0.5) is 11.5 Å². The van der Waals surface area contributed by atoms with Crippen LogP contribution in [0.15, 0.2) is 66.9 Å². The maximum absolute atomic E-state index is 12.5. The van der Waals surface area contributed by atoms with Crippen LogP contribution in [0.2, 0.25) is 5.02 Å². The van der Waals surface area contributed by atoms with Crippen LogP contribution < -0.4 is 10.2 Å². The molecule has 2 aromatic carbocycles. The van der Waals surface area contributed by atoms with Crippen LogP contribution in [0, 0.1) is 0 Å². The number of aromatic carboxylic acids is 1. The molecule has 30 heavy (non-hydrogen) atoms. The van der Waals surface area contributed by atoms with Gasteiger partial charge in [0, 0.05) is 19.0 Å². The first-order valence-electron chi connectivity index (χ1n) is 9.62. The number of carboxylic acids is 1. The Morgan fingerprint density at radius 2 is 1.80 bits per heavy atom. The molecular weight excluding hydrogens is 402 g/mol. The number of benzene rings is 2. The smallest absolute Gasteiger partial charge is 0.339 e. The van der Waals surface area contributed by atoms with Crippen molar-refractivity contribution in [1.29, 1.82) is 0 Å². The molecule has 1 aromatic heterocycles. The summed E-state index contributed by atoms with van der Waals surface area (Å²) in [5, 5.41) is 12.7. The quantitative estimate of drug-likeness (QED) is 0.625. The van der Waals surface area contributed by atoms with Crippen molar-refractivity contribution in [3.05, 3.63) is 88.6 Å². The maximum Gasteiger partial charge on any atom is 0.339 e. The summed E-state index contributed by atoms with van der Waals surface area (Å²) in [5.41, 5.74) is 1.91. The lowest BCUT2D eigenvalue weighted by Crippen LogP contribution is -2.23. The fourth-order valence-corrected chi connectivity index (χ4v) is 3.95. The van der Waals surface area contributed by atoms with Crippen molar-refractivity contribution in [2.75, 3.05) is 23.3 Å². The van der Waals surface area contributed by atoms with Crippen LogP contribution >= 0.6 is 11.6 Å². The molecule has 4 rings (SSSR count). The highest BCUT2D eigenvalue weighted by atomic mass is 35.5. The second kappa shape index (κ2) is 8.55. The average Bonchev–Trinajstić information content (AvgIpc) is 3.24. The minimum atomic E-state index is -1.09. The second-order valence-corrected chi connectivity index (χ2v) is 7.58. The predicted octanol–water partition coefficient (Wildman–Crippen LogP) is 4.68. The SMILES string of the molecule is O=C(Nc1cnc(N2CC[C@@H](c3ccccc3)C2)c(C(=O)O)c1)c1ccccc1Cl. The van der Waals surface area contributed by atoms with Crippen molar-refractivity contribution in [1.82, 2.24) is 4.98 Å². The summed E-state index contributed by atoms with van der Waals surface area (Å²) in [4.78, 5) is 30.7. The number of anilines is 2. The predicted molar refractivity (Wildman–Crippen MR) is 117 cm³/mol. The van der Waals surface area contributed by atoms with Gasteiger partial charge in [-0.1, -0.05) is 54.1 Å². The van der Waals surface area contributed by atoms with Crippen LogP contribution in [0.3, 0.4) is 0 Å². The van der Waals surface area contributed by atoms with Crippen LogP contribution in [0.25, 0.3) is 0 Å². The molecule has 1 amide bonds. The lowest BCUT2D eigenvalue weighted by molar-refractivity contribution is 0.0697. The van der Waals surface area contributed by atoms with E-state index in [-0.39, 0.29) is 5.56 Å². The summed E-state index contributed by atoms with van der Waals surface area (Å²) in [7, 11) is 0. The largest absolute Gasteiger partial charge is 0.478 e. The Morgan fingerprint density at radius 3 is 2.53 bits per heavy atom. The van der Waals surface area contributed by atoms with E-state index < -0.39 is 11.9 Å². The maximum atomic E-state index is 12.5. The number of aromatic nitrogens is 1. The highest BCUT2D eigenvalue weighted by molar-refractivity contribution is 6.34. The zero-order valence-electron chi connectivity index (χ0n) is 16.1. The van der Waals surface area contributed by atoms with Gasteiger partial charge in [-0.15, -0.1) is 0 Å². The molecule has 1 aliphatic rings. The van der Waals surface area contributed by atoms with Gasteiger partial charge in [-0.05, 0) is 30.2 Å². The molecule has 1 saturated heterocycles. The average molecular weight is 422 g/mol. The van der Waals surface area contributed by atoms with Crippen molar-refractivity contribution in [2.45, 2.75) is 12.3 Å². The van der Waals surface area contributed by atoms with E-state index in [4.69, 9.17) is 11.6 Å². The van der Waals surface area contributed by atoms with Gasteiger partial charge in [-0.3, -0.25) is 4.79 Å². The third-order valence-electron chi connectivity index (χ3n) is 5.23. The molecule has 2 N–H and O–H groups in total. The number of amides is 1. The van der Waals surface area contributed by atoms with Crippen molar-refractivity contribution in [2.24, 2.45) is 0 Å². The number of carboxylic acid groups (broad SMARTS) is 1. The fraction of sp³-hybridized carbons (Fsp3) is 0.174. The van der Waals surface area contributed by atoms with E-state index >= 15 is 0 Å². The Kier molecular flexibility index (Phi) is 5.68. The summed E-state index contributed by atoms with van der Waals surface area (Å²) in [6.07, 6.45) is 2.40. The first kappa shape index (κ1) is 19.9. The molecular formula is C23H20ClN3O3. The first-order chi connectivity index (χ1) is 14.5. The molecule has 7 heteroatoms. The molecule has 2 heterocycles. The van der Waals surface area contributed by atoms with Gasteiger partial charge in [0.25, 0.3) is 5.91 Å². The Hall–Kier alpha value is -3.38. The number of hydrogen-bond donors (Lipinski definition) is 2. The molecule has 6 nitrogen and oxygen atoms in total. The number of hydrogen-bond acceptors (Lipinski definition) is 4. The minimum absolute atomic E-state index is 0.0562. The topological polar surface area (TPSA) is 82.5 Å². The molecule has 1 aliphatic heterocycles. The Morgan fingerprint density at radius 1 is 1.07 bits per heavy atom. The van der Waals surface area contributed by atoms with Crippen molar-refractivity contribution in [3.63, 3.8) is 0 Å². The van der Waals surface area contributed by atoms with E-state index in [0.717, 1.165) is 13.0 Å². The number of carbonyl (C=O) groups is 2. The van der Waals surface area contributed by atoms with Gasteiger partial charge in [-0.25, -0.2) is 9.78 Å². The van der Waals surface area contributed by atoms with Gasteiger partial charge < -0.3 is 15.3 Å². The Labute approximate surface area is 179 Å². The van der Waals surface area contributed by atoms with Crippen LogP contribution in [0.5, 0.6) is 0 Å². The minimum Gasteiger partial charge on any atom is -0.478 e. The lowest BCUT2D eigenvalue weighted by atomic mass is 9.99. The van der Waals surface area contributed by atoms with E-state index in [2.05, 4.69) is 22.4 Å². The molecule has 0 saturated carbocycles. The van der Waals surface area contributed by atoms with E-state index in [1.165, 1.54) is 17.8 Å². The molecule has 1 atom stereocenters. The summed E-state index contributed by atoms with van der Waals surface area (Å²) >= 11 is 6.07. The number of halogens is 1. The van der Waals surface area contributed by atoms with E-state index in [0.29, 0.717) is 34.6 Å². The van der Waals surface area contributed by atoms with Crippen molar-refractivity contribution in [3.8, 4) is 0 Å². The van der Waals surface area contributed by atoms with E-state index in [1.807, 2.05) is 23.1 Å². The number of nitrogens with one attached hydrogen (secondary N) is 1. The third kappa shape index (κ3) is 4.14. The monoisotopic (exact) mass is 421 g/mol. The third-order valence-corrected chi connectivity index (χ3v) is 5.56. The fourth-order valence-electron chi connectivity index (χ4n) is 3.73. The van der Waals surface area contributed by atoms with Crippen molar-refractivity contribution >= 4 is 35.0 Å². The van der Waals surface area contributed by atoms with Crippen LogP contribution in [0.1, 0.15) is 38.6 Å². The molecule has 0 spiro atoms. The highest BCUT2D eigenvalue weighted by Crippen LogP contribution is 2.32. The zero-order chi connectivity index (χ0) is 21.1. The Bertz CT molecular complexity index is 1090. The zero-order valence-corrected chi connectivity index (χ0v) is 16.8. The lowest BCUT2D eigenvalue weighted by Gasteiger charge is -2.20. The van der Waals surface area contributed by atoms with Crippen molar-refractivity contribution < 1.29 is 14.7 Å². The summed E-state index contributed by atoms with van der Waals surface area (Å²) in [6, 6.07) is 18.3. The van der Waals surface area contributed by atoms with E-state index in [9.17, 15) is 14.7 Å². The summed E-state index contributed by atoms with van der Waals surface area (Å²) in [5.74, 6) is -0.766. The van der Waals surface area contributed by atoms with E-state index in [1.54, 1.807) is 24.3 Å². The number of nitrogens with zero attached hydrogens (tertiary/aromatic N) is 2. The highest BCUT2D eigenvalue weighted by Gasteiger charge is 2.28. The van der Waals surface area contributed by atoms with Crippen LogP contribution in [-0.2, 0) is 0 Å². The molecule has 0 radical (unpaired) electrons. The number of rotatable bonds is 5. The van der Waals surface area contributed by atoms with Gasteiger partial charge >= 0.3 is 5.97 Å². The molecule has 0 bridgehead atoms. The molecule has 0 aliphatic carbocycles. The normalized spacial score (nSPS) is 15.8. The van der Waals surface area contributed by atoms with Gasteiger partial charge in [0.2, 0.25) is 0 Å². The number of carbonyl (C=O) groups excluding carboxylic acids is 1. The van der Waals surface area contributed by atoms with Gasteiger partial charge in [0.15, 0.2) is 0 Å². The van der Waals surface area contributed by atoms with Gasteiger partial charge in [0.1, 0.15) is 11.4 Å². The molecule has 3 aromatic rings. The second-order valence-electron chi connectivity index (χ2n) is 7.18. The molecule has 0 unspecified atom stereocenters. The number of pyridine rings is 1. The molecule has 152 valence electrons. The van der Waals surface area contributed by atoms with Gasteiger partial charge in [-0.2, -0.15) is 0 Å².